The second kappa shape index (κ2) is 5.94. The number of hydrogen-bond acceptors (Lipinski definition) is 4. The second-order valence-corrected chi connectivity index (χ2v) is 4.21. The van der Waals surface area contributed by atoms with E-state index in [4.69, 9.17) is 0 Å². The molecule has 16 heavy (non-hydrogen) atoms. The van der Waals surface area contributed by atoms with Crippen molar-refractivity contribution in [3.05, 3.63) is 30.1 Å². The van der Waals surface area contributed by atoms with Crippen LogP contribution < -0.4 is 5.32 Å². The summed E-state index contributed by atoms with van der Waals surface area (Å²) in [4.78, 5) is 6.40. The molecular formula is C12H19N3O. The summed E-state index contributed by atoms with van der Waals surface area (Å²) in [7, 11) is 0. The van der Waals surface area contributed by atoms with Crippen LogP contribution in [0.2, 0.25) is 0 Å². The summed E-state index contributed by atoms with van der Waals surface area (Å²) in [5.41, 5.74) is 1.18. The average Bonchev–Trinajstić information content (AvgIpc) is 2.38. The van der Waals surface area contributed by atoms with E-state index in [0.717, 1.165) is 32.7 Å². The Morgan fingerprint density at radius 2 is 2.00 bits per heavy atom. The average molecular weight is 221 g/mol. The molecule has 0 aromatic carbocycles. The van der Waals surface area contributed by atoms with E-state index < -0.39 is 0 Å². The summed E-state index contributed by atoms with van der Waals surface area (Å²) in [6, 6.07) is 3.98. The van der Waals surface area contributed by atoms with Crippen molar-refractivity contribution in [3.8, 4) is 0 Å². The summed E-state index contributed by atoms with van der Waals surface area (Å²) >= 11 is 0. The first-order valence-electron chi connectivity index (χ1n) is 5.84. The first kappa shape index (κ1) is 11.5. The highest BCUT2D eigenvalue weighted by Gasteiger charge is 2.16. The molecule has 0 amide bonds. The lowest BCUT2D eigenvalue weighted by molar-refractivity contribution is 0.185. The van der Waals surface area contributed by atoms with E-state index in [9.17, 15) is 5.11 Å². The van der Waals surface area contributed by atoms with Crippen LogP contribution >= 0.6 is 0 Å². The zero-order valence-electron chi connectivity index (χ0n) is 9.47. The van der Waals surface area contributed by atoms with Crippen molar-refractivity contribution in [2.75, 3.05) is 39.3 Å². The number of nitrogens with zero attached hydrogens (tertiary/aromatic N) is 2. The molecule has 1 saturated heterocycles. The van der Waals surface area contributed by atoms with E-state index >= 15 is 0 Å². The van der Waals surface area contributed by atoms with Gasteiger partial charge in [0, 0.05) is 51.0 Å². The minimum absolute atomic E-state index is 0.202. The number of nitrogens with one attached hydrogen (secondary N) is 1. The van der Waals surface area contributed by atoms with Crippen molar-refractivity contribution in [3.63, 3.8) is 0 Å². The molecule has 0 radical (unpaired) electrons. The van der Waals surface area contributed by atoms with Crippen molar-refractivity contribution in [1.29, 1.82) is 0 Å². The number of aliphatic hydroxyl groups excluding tert-OH is 1. The van der Waals surface area contributed by atoms with Gasteiger partial charge >= 0.3 is 0 Å². The third-order valence-electron chi connectivity index (χ3n) is 3.09. The van der Waals surface area contributed by atoms with Gasteiger partial charge in [-0.1, -0.05) is 0 Å². The number of rotatable bonds is 4. The van der Waals surface area contributed by atoms with E-state index in [0.29, 0.717) is 0 Å². The first-order valence-corrected chi connectivity index (χ1v) is 5.84. The quantitative estimate of drug-likeness (QED) is 0.755. The summed E-state index contributed by atoms with van der Waals surface area (Å²) in [6.45, 7) is 5.38. The Balaban J connectivity index is 1.94. The smallest absolute Gasteiger partial charge is 0.0512 e. The fourth-order valence-corrected chi connectivity index (χ4v) is 2.11. The zero-order chi connectivity index (χ0) is 11.2. The van der Waals surface area contributed by atoms with Crippen LogP contribution in [0.3, 0.4) is 0 Å². The minimum Gasteiger partial charge on any atom is -0.396 e. The Morgan fingerprint density at radius 1 is 1.31 bits per heavy atom. The molecule has 88 valence electrons. The Labute approximate surface area is 96.3 Å². The Kier molecular flexibility index (Phi) is 4.27. The van der Waals surface area contributed by atoms with Crippen LogP contribution in [-0.4, -0.2) is 54.3 Å². The third kappa shape index (κ3) is 3.01. The molecule has 0 bridgehead atoms. The fraction of sp³-hybridized carbons (Fsp3) is 0.583. The van der Waals surface area contributed by atoms with Crippen molar-refractivity contribution in [1.82, 2.24) is 15.2 Å². The topological polar surface area (TPSA) is 48.4 Å². The van der Waals surface area contributed by atoms with Gasteiger partial charge in [-0.2, -0.15) is 0 Å². The van der Waals surface area contributed by atoms with E-state index in [-0.39, 0.29) is 12.5 Å². The lowest BCUT2D eigenvalue weighted by Gasteiger charge is -2.30. The standard InChI is InChI=1S/C12H19N3O/c16-10-12(11-1-3-13-4-2-11)9-15-7-5-14-6-8-15/h1-4,12,14,16H,5-10H2. The van der Waals surface area contributed by atoms with Crippen molar-refractivity contribution in [2.45, 2.75) is 5.92 Å². The fourth-order valence-electron chi connectivity index (χ4n) is 2.11. The normalized spacial score (nSPS) is 19.6. The van der Waals surface area contributed by atoms with Gasteiger partial charge in [-0.3, -0.25) is 4.98 Å². The number of hydrogen-bond donors (Lipinski definition) is 2. The van der Waals surface area contributed by atoms with Crippen molar-refractivity contribution >= 4 is 0 Å². The molecule has 0 aliphatic carbocycles. The molecule has 2 N–H and O–H groups in total. The van der Waals surface area contributed by atoms with Crippen LogP contribution in [0, 0.1) is 0 Å². The number of piperazine rings is 1. The molecule has 4 heteroatoms. The van der Waals surface area contributed by atoms with Gasteiger partial charge < -0.3 is 15.3 Å². The molecule has 1 aromatic rings. The Bertz CT molecular complexity index is 298. The minimum atomic E-state index is 0.202. The Hall–Kier alpha value is -0.970. The lowest BCUT2D eigenvalue weighted by Crippen LogP contribution is -2.45. The highest BCUT2D eigenvalue weighted by atomic mass is 16.3. The monoisotopic (exact) mass is 221 g/mol. The van der Waals surface area contributed by atoms with Gasteiger partial charge in [0.05, 0.1) is 6.61 Å². The number of aromatic nitrogens is 1. The van der Waals surface area contributed by atoms with Crippen LogP contribution in [0.1, 0.15) is 11.5 Å². The van der Waals surface area contributed by atoms with E-state index in [1.54, 1.807) is 12.4 Å². The molecule has 1 unspecified atom stereocenters. The van der Waals surface area contributed by atoms with Gasteiger partial charge in [0.2, 0.25) is 0 Å². The molecule has 1 atom stereocenters. The number of aliphatic hydroxyl groups is 1. The lowest BCUT2D eigenvalue weighted by atomic mass is 10.0. The predicted molar refractivity (Wildman–Crippen MR) is 63.4 cm³/mol. The maximum Gasteiger partial charge on any atom is 0.0512 e. The molecule has 2 heterocycles. The molecule has 0 spiro atoms. The van der Waals surface area contributed by atoms with Gasteiger partial charge in [-0.25, -0.2) is 0 Å². The first-order chi connectivity index (χ1) is 7.90. The van der Waals surface area contributed by atoms with E-state index in [1.807, 2.05) is 12.1 Å². The maximum atomic E-state index is 9.45. The molecule has 1 aromatic heterocycles. The highest BCUT2D eigenvalue weighted by Crippen LogP contribution is 2.15. The van der Waals surface area contributed by atoms with Crippen LogP contribution in [0.15, 0.2) is 24.5 Å². The predicted octanol–water partition coefficient (Wildman–Crippen LogP) is 0.0627. The Morgan fingerprint density at radius 3 is 2.62 bits per heavy atom. The summed E-state index contributed by atoms with van der Waals surface area (Å²) in [5, 5.41) is 12.8. The molecule has 1 fully saturated rings. The second-order valence-electron chi connectivity index (χ2n) is 4.21. The maximum absolute atomic E-state index is 9.45. The molecular weight excluding hydrogens is 202 g/mol. The SMILES string of the molecule is OCC(CN1CCNCC1)c1ccncc1. The van der Waals surface area contributed by atoms with E-state index in [2.05, 4.69) is 15.2 Å². The number of pyridine rings is 1. The van der Waals surface area contributed by atoms with Gasteiger partial charge in [0.1, 0.15) is 0 Å². The van der Waals surface area contributed by atoms with Crippen LogP contribution in [0.4, 0.5) is 0 Å². The van der Waals surface area contributed by atoms with E-state index in [1.165, 1.54) is 5.56 Å². The third-order valence-corrected chi connectivity index (χ3v) is 3.09. The van der Waals surface area contributed by atoms with Gasteiger partial charge in [-0.05, 0) is 17.7 Å². The van der Waals surface area contributed by atoms with Crippen molar-refractivity contribution < 1.29 is 5.11 Å². The molecule has 1 aliphatic heterocycles. The molecule has 4 nitrogen and oxygen atoms in total. The molecule has 2 rings (SSSR count). The summed E-state index contributed by atoms with van der Waals surface area (Å²) < 4.78 is 0. The molecule has 1 aliphatic rings. The summed E-state index contributed by atoms with van der Waals surface area (Å²) in [5.74, 6) is 0.209. The van der Waals surface area contributed by atoms with Crippen LogP contribution in [0.5, 0.6) is 0 Å². The van der Waals surface area contributed by atoms with Gasteiger partial charge in [0.25, 0.3) is 0 Å². The highest BCUT2D eigenvalue weighted by molar-refractivity contribution is 5.16. The van der Waals surface area contributed by atoms with Crippen LogP contribution in [-0.2, 0) is 0 Å². The zero-order valence-corrected chi connectivity index (χ0v) is 9.47. The molecule has 0 saturated carbocycles. The largest absolute Gasteiger partial charge is 0.396 e. The van der Waals surface area contributed by atoms with Crippen LogP contribution in [0.25, 0.3) is 0 Å². The van der Waals surface area contributed by atoms with Crippen molar-refractivity contribution in [2.24, 2.45) is 0 Å². The summed E-state index contributed by atoms with van der Waals surface area (Å²) in [6.07, 6.45) is 3.57. The van der Waals surface area contributed by atoms with Gasteiger partial charge in [-0.15, -0.1) is 0 Å². The van der Waals surface area contributed by atoms with Gasteiger partial charge in [0.15, 0.2) is 0 Å².